The van der Waals surface area contributed by atoms with Crippen LogP contribution in [0, 0.1) is 0 Å². The molecule has 2 heterocycles. The smallest absolute Gasteiger partial charge is 0.186 e. The van der Waals surface area contributed by atoms with Gasteiger partial charge in [0.2, 0.25) is 0 Å². The molecule has 0 aromatic rings. The highest BCUT2D eigenvalue weighted by Crippen LogP contribution is 2.21. The van der Waals surface area contributed by atoms with Crippen molar-refractivity contribution in [2.75, 3.05) is 46.2 Å². The van der Waals surface area contributed by atoms with Crippen LogP contribution < -0.4 is 10.9 Å². The number of aliphatic hydroxyl groups excluding tert-OH is 4. The van der Waals surface area contributed by atoms with Crippen LogP contribution in [0.4, 0.5) is 0 Å². The van der Waals surface area contributed by atoms with Gasteiger partial charge in [0, 0.05) is 12.4 Å². The molecule has 0 bridgehead atoms. The van der Waals surface area contributed by atoms with Crippen LogP contribution in [0.2, 0.25) is 0 Å². The van der Waals surface area contributed by atoms with Crippen molar-refractivity contribution in [3.05, 3.63) is 12.4 Å². The van der Waals surface area contributed by atoms with E-state index in [2.05, 4.69) is 10.9 Å². The summed E-state index contributed by atoms with van der Waals surface area (Å²) in [6.07, 6.45) is -2.80. The molecule has 0 aromatic heterocycles. The molecular formula is C14H27N3O8. The molecule has 146 valence electrons. The van der Waals surface area contributed by atoms with Gasteiger partial charge in [-0.15, -0.1) is 5.12 Å². The van der Waals surface area contributed by atoms with Crippen molar-refractivity contribution >= 4 is 0 Å². The second-order valence-electron chi connectivity index (χ2n) is 5.54. The predicted molar refractivity (Wildman–Crippen MR) is 83.5 cm³/mol. The SMILES string of the molecule is OC[C@H]1O[C@@H](OCCOCCOCCN2NC=CN2)[C@@H](O)[C@@H](O)[C@@H]1O. The maximum absolute atomic E-state index is 9.79. The fraction of sp³-hybridized carbons (Fsp3) is 0.857. The van der Waals surface area contributed by atoms with Crippen LogP contribution in [0.5, 0.6) is 0 Å². The second kappa shape index (κ2) is 10.9. The number of hydrazine groups is 2. The fourth-order valence-electron chi connectivity index (χ4n) is 2.33. The van der Waals surface area contributed by atoms with Crippen LogP contribution in [-0.2, 0) is 18.9 Å². The first kappa shape index (κ1) is 20.3. The number of nitrogens with one attached hydrogen (secondary N) is 2. The molecule has 0 aromatic carbocycles. The zero-order valence-corrected chi connectivity index (χ0v) is 13.9. The second-order valence-corrected chi connectivity index (χ2v) is 5.54. The fourth-order valence-corrected chi connectivity index (χ4v) is 2.33. The molecule has 11 heteroatoms. The predicted octanol–water partition coefficient (Wildman–Crippen LogP) is -3.37. The lowest BCUT2D eigenvalue weighted by molar-refractivity contribution is -0.302. The van der Waals surface area contributed by atoms with Gasteiger partial charge in [-0.1, -0.05) is 0 Å². The highest BCUT2D eigenvalue weighted by Gasteiger charge is 2.43. The Labute approximate surface area is 145 Å². The van der Waals surface area contributed by atoms with Gasteiger partial charge in [0.15, 0.2) is 6.29 Å². The molecule has 2 aliphatic heterocycles. The van der Waals surface area contributed by atoms with E-state index in [1.807, 2.05) is 0 Å². The Bertz CT molecular complexity index is 392. The van der Waals surface area contributed by atoms with Crippen molar-refractivity contribution in [1.29, 1.82) is 0 Å². The van der Waals surface area contributed by atoms with Crippen LogP contribution in [0.15, 0.2) is 12.4 Å². The van der Waals surface area contributed by atoms with Gasteiger partial charge < -0.3 is 50.2 Å². The van der Waals surface area contributed by atoms with Crippen molar-refractivity contribution in [1.82, 2.24) is 16.0 Å². The molecule has 6 N–H and O–H groups in total. The van der Waals surface area contributed by atoms with Crippen molar-refractivity contribution in [2.45, 2.75) is 30.7 Å². The lowest BCUT2D eigenvalue weighted by atomic mass is 9.99. The average Bonchev–Trinajstić information content (AvgIpc) is 3.13. The third kappa shape index (κ3) is 6.33. The maximum atomic E-state index is 9.79. The summed E-state index contributed by atoms with van der Waals surface area (Å²) in [5.41, 5.74) is 5.91. The summed E-state index contributed by atoms with van der Waals surface area (Å²) in [5.74, 6) is 0. The van der Waals surface area contributed by atoms with E-state index < -0.39 is 37.3 Å². The first-order valence-electron chi connectivity index (χ1n) is 8.16. The van der Waals surface area contributed by atoms with Gasteiger partial charge in [0.1, 0.15) is 24.4 Å². The van der Waals surface area contributed by atoms with Crippen molar-refractivity contribution in [2.24, 2.45) is 0 Å². The number of rotatable bonds is 11. The first-order chi connectivity index (χ1) is 12.1. The van der Waals surface area contributed by atoms with E-state index in [0.717, 1.165) is 0 Å². The summed E-state index contributed by atoms with van der Waals surface area (Å²) >= 11 is 0. The number of hydrogen-bond donors (Lipinski definition) is 6. The van der Waals surface area contributed by atoms with E-state index in [4.69, 9.17) is 24.1 Å². The highest BCUT2D eigenvalue weighted by molar-refractivity contribution is 4.88. The van der Waals surface area contributed by atoms with Crippen LogP contribution in [0.3, 0.4) is 0 Å². The highest BCUT2D eigenvalue weighted by atomic mass is 16.7. The number of aliphatic hydroxyl groups is 4. The van der Waals surface area contributed by atoms with Gasteiger partial charge >= 0.3 is 0 Å². The van der Waals surface area contributed by atoms with Crippen LogP contribution in [0.25, 0.3) is 0 Å². The Kier molecular flexibility index (Phi) is 8.81. The van der Waals surface area contributed by atoms with Gasteiger partial charge in [-0.2, -0.15) is 0 Å². The Morgan fingerprint density at radius 2 is 1.52 bits per heavy atom. The molecule has 0 radical (unpaired) electrons. The zero-order chi connectivity index (χ0) is 18.1. The van der Waals surface area contributed by atoms with Crippen LogP contribution >= 0.6 is 0 Å². The average molecular weight is 365 g/mol. The molecule has 11 nitrogen and oxygen atoms in total. The minimum absolute atomic E-state index is 0.121. The monoisotopic (exact) mass is 365 g/mol. The zero-order valence-electron chi connectivity index (χ0n) is 13.9. The normalized spacial score (nSPS) is 32.6. The number of ether oxygens (including phenoxy) is 4. The molecule has 1 fully saturated rings. The van der Waals surface area contributed by atoms with Crippen molar-refractivity contribution in [3.63, 3.8) is 0 Å². The molecule has 0 spiro atoms. The van der Waals surface area contributed by atoms with Gasteiger partial charge in [0.05, 0.1) is 46.2 Å². The number of hydrogen-bond acceptors (Lipinski definition) is 11. The summed E-state index contributed by atoms with van der Waals surface area (Å²) in [7, 11) is 0. The maximum Gasteiger partial charge on any atom is 0.186 e. The molecule has 0 amide bonds. The molecule has 1 saturated heterocycles. The molecular weight excluding hydrogens is 338 g/mol. The quantitative estimate of drug-likeness (QED) is 0.204. The van der Waals surface area contributed by atoms with Crippen molar-refractivity contribution < 1.29 is 39.4 Å². The minimum atomic E-state index is -1.44. The summed E-state index contributed by atoms with van der Waals surface area (Å²) in [5, 5.41) is 39.9. The third-order valence-electron chi connectivity index (χ3n) is 3.73. The Balaban J connectivity index is 1.46. The molecule has 2 aliphatic rings. The van der Waals surface area contributed by atoms with E-state index in [0.29, 0.717) is 26.4 Å². The minimum Gasteiger partial charge on any atom is -0.394 e. The lowest BCUT2D eigenvalue weighted by Crippen LogP contribution is -2.59. The summed E-state index contributed by atoms with van der Waals surface area (Å²) in [6.45, 7) is 1.91. The molecule has 5 atom stereocenters. The first-order valence-corrected chi connectivity index (χ1v) is 8.16. The molecule has 25 heavy (non-hydrogen) atoms. The molecule has 0 aliphatic carbocycles. The van der Waals surface area contributed by atoms with E-state index >= 15 is 0 Å². The lowest BCUT2D eigenvalue weighted by Gasteiger charge is -2.39. The standard InChI is InChI=1S/C14H27N3O8/c18-9-10-11(19)12(20)13(21)14(25-10)24-8-7-23-6-5-22-4-3-17-15-1-2-16-17/h1-2,10-16,18-21H,3-9H2/t10-,11-,12+,13+,14-/m1/s1. The molecule has 0 saturated carbocycles. The van der Waals surface area contributed by atoms with Gasteiger partial charge in [0.25, 0.3) is 0 Å². The van der Waals surface area contributed by atoms with E-state index in [1.165, 1.54) is 0 Å². The summed E-state index contributed by atoms with van der Waals surface area (Å²) in [6, 6.07) is 0. The van der Waals surface area contributed by atoms with E-state index in [1.54, 1.807) is 17.5 Å². The summed E-state index contributed by atoms with van der Waals surface area (Å²) < 4.78 is 21.2. The molecule has 2 rings (SSSR count). The Morgan fingerprint density at radius 1 is 0.880 bits per heavy atom. The van der Waals surface area contributed by atoms with Crippen LogP contribution in [0.1, 0.15) is 0 Å². The van der Waals surface area contributed by atoms with Gasteiger partial charge in [-0.3, -0.25) is 0 Å². The van der Waals surface area contributed by atoms with Crippen LogP contribution in [-0.4, -0.2) is 102 Å². The topological polar surface area (TPSA) is 145 Å². The van der Waals surface area contributed by atoms with Gasteiger partial charge in [-0.25, -0.2) is 0 Å². The van der Waals surface area contributed by atoms with E-state index in [9.17, 15) is 15.3 Å². The van der Waals surface area contributed by atoms with Gasteiger partial charge in [-0.05, 0) is 0 Å². The largest absolute Gasteiger partial charge is 0.394 e. The Morgan fingerprint density at radius 3 is 2.20 bits per heavy atom. The number of nitrogens with zero attached hydrogens (tertiary/aromatic N) is 1. The van der Waals surface area contributed by atoms with Crippen molar-refractivity contribution in [3.8, 4) is 0 Å². The third-order valence-corrected chi connectivity index (χ3v) is 3.73. The van der Waals surface area contributed by atoms with E-state index in [-0.39, 0.29) is 13.2 Å². The Hall–Kier alpha value is -1.02. The molecule has 0 unspecified atom stereocenters. The summed E-state index contributed by atoms with van der Waals surface area (Å²) in [4.78, 5) is 0.